The van der Waals surface area contributed by atoms with Crippen molar-refractivity contribution in [3.8, 4) is 0 Å². The summed E-state index contributed by atoms with van der Waals surface area (Å²) in [4.78, 5) is 23.2. The summed E-state index contributed by atoms with van der Waals surface area (Å²) in [5.41, 5.74) is -1.90. The molecule has 3 aliphatic rings. The van der Waals surface area contributed by atoms with Gasteiger partial charge in [-0.2, -0.15) is 0 Å². The highest BCUT2D eigenvalue weighted by atomic mass is 16.6. The van der Waals surface area contributed by atoms with Crippen LogP contribution in [-0.4, -0.2) is 45.6 Å². The summed E-state index contributed by atoms with van der Waals surface area (Å²) in [7, 11) is 0. The molecule has 0 amide bonds. The molecule has 7 atom stereocenters. The second-order valence-electron chi connectivity index (χ2n) is 7.71. The minimum absolute atomic E-state index is 0.216. The highest BCUT2D eigenvalue weighted by molar-refractivity contribution is 5.90. The largest absolute Gasteiger partial charge is 0.462 e. The van der Waals surface area contributed by atoms with Crippen LogP contribution < -0.4 is 0 Å². The average Bonchev–Trinajstić information content (AvgIpc) is 2.71. The van der Waals surface area contributed by atoms with E-state index in [9.17, 15) is 19.8 Å². The Labute approximate surface area is 135 Å². The Balaban J connectivity index is 1.99. The van der Waals surface area contributed by atoms with Gasteiger partial charge in [0.05, 0.1) is 11.2 Å². The van der Waals surface area contributed by atoms with Crippen LogP contribution in [0.4, 0.5) is 0 Å². The molecule has 6 heteroatoms. The topological polar surface area (TPSA) is 93.1 Å². The average molecular weight is 324 g/mol. The van der Waals surface area contributed by atoms with E-state index in [0.717, 1.165) is 0 Å². The second kappa shape index (κ2) is 5.05. The fourth-order valence-corrected chi connectivity index (χ4v) is 4.86. The molecule has 2 N–H and O–H groups in total. The monoisotopic (exact) mass is 324 g/mol. The molecule has 1 aliphatic heterocycles. The van der Waals surface area contributed by atoms with Crippen molar-refractivity contribution in [1.29, 1.82) is 0 Å². The third kappa shape index (κ3) is 2.58. The van der Waals surface area contributed by atoms with Gasteiger partial charge in [-0.1, -0.05) is 6.58 Å². The van der Waals surface area contributed by atoms with Crippen molar-refractivity contribution >= 4 is 11.9 Å². The number of esters is 2. The molecule has 0 aromatic heterocycles. The number of hydrogen-bond acceptors (Lipinski definition) is 6. The molecule has 6 nitrogen and oxygen atoms in total. The minimum atomic E-state index is -1.21. The lowest BCUT2D eigenvalue weighted by Crippen LogP contribution is -2.45. The molecule has 2 saturated carbocycles. The van der Waals surface area contributed by atoms with Gasteiger partial charge in [0.15, 0.2) is 0 Å². The Morgan fingerprint density at radius 1 is 1.30 bits per heavy atom. The zero-order chi connectivity index (χ0) is 17.2. The van der Waals surface area contributed by atoms with Crippen LogP contribution in [0.3, 0.4) is 0 Å². The first-order chi connectivity index (χ1) is 10.5. The van der Waals surface area contributed by atoms with Crippen LogP contribution in [0.1, 0.15) is 40.0 Å². The van der Waals surface area contributed by atoms with Crippen LogP contribution >= 0.6 is 0 Å². The summed E-state index contributed by atoms with van der Waals surface area (Å²) >= 11 is 0. The van der Waals surface area contributed by atoms with Gasteiger partial charge in [0.25, 0.3) is 0 Å². The number of fused-ring (bicyclic) bond motifs is 2. The number of carbonyl (C=O) groups is 2. The summed E-state index contributed by atoms with van der Waals surface area (Å²) in [5, 5.41) is 21.9. The van der Waals surface area contributed by atoms with Gasteiger partial charge < -0.3 is 19.7 Å². The van der Waals surface area contributed by atoms with E-state index in [1.54, 1.807) is 13.8 Å². The molecule has 0 unspecified atom stereocenters. The zero-order valence-electron chi connectivity index (χ0n) is 13.7. The van der Waals surface area contributed by atoms with Crippen molar-refractivity contribution in [2.75, 3.05) is 0 Å². The first-order valence-electron chi connectivity index (χ1n) is 8.04. The summed E-state index contributed by atoms with van der Waals surface area (Å²) in [6.45, 7) is 8.51. The first-order valence-corrected chi connectivity index (χ1v) is 8.04. The number of rotatable bonds is 1. The highest BCUT2D eigenvalue weighted by Crippen LogP contribution is 2.55. The van der Waals surface area contributed by atoms with Crippen LogP contribution in [0.25, 0.3) is 0 Å². The van der Waals surface area contributed by atoms with E-state index in [2.05, 4.69) is 6.58 Å². The summed E-state index contributed by atoms with van der Waals surface area (Å²) in [5.74, 6) is -1.78. The Kier molecular flexibility index (Phi) is 3.61. The fraction of sp³-hybridized carbons (Fsp3) is 0.765. The summed E-state index contributed by atoms with van der Waals surface area (Å²) in [6, 6.07) is 0. The minimum Gasteiger partial charge on any atom is -0.462 e. The van der Waals surface area contributed by atoms with Crippen molar-refractivity contribution in [2.45, 2.75) is 63.4 Å². The lowest BCUT2D eigenvalue weighted by Gasteiger charge is -2.37. The van der Waals surface area contributed by atoms with Crippen molar-refractivity contribution in [3.63, 3.8) is 0 Å². The number of hydrogen-bond donors (Lipinski definition) is 2. The van der Waals surface area contributed by atoms with Gasteiger partial charge in [-0.3, -0.25) is 4.79 Å². The van der Waals surface area contributed by atoms with E-state index in [1.165, 1.54) is 6.92 Å². The molecule has 3 rings (SSSR count). The molecule has 0 aromatic carbocycles. The maximum Gasteiger partial charge on any atom is 0.334 e. The number of carbonyl (C=O) groups excluding carboxylic acids is 2. The Hall–Kier alpha value is -1.40. The van der Waals surface area contributed by atoms with Gasteiger partial charge in [-0.05, 0) is 26.2 Å². The predicted octanol–water partition coefficient (Wildman–Crippen LogP) is 0.948. The fourth-order valence-electron chi connectivity index (χ4n) is 4.86. The SMILES string of the molecule is C=C1C(=O)O[C@H]2C[C@@](C)(O)[C@@H]3[C@@H](OC(C)=O)C[C@@](C)(O)[C@@H]3C[C@H]12. The van der Waals surface area contributed by atoms with E-state index >= 15 is 0 Å². The maximum atomic E-state index is 11.8. The van der Waals surface area contributed by atoms with Crippen molar-refractivity contribution < 1.29 is 29.3 Å². The molecule has 0 radical (unpaired) electrons. The molecule has 128 valence electrons. The van der Waals surface area contributed by atoms with E-state index in [0.29, 0.717) is 12.0 Å². The normalized spacial score (nSPS) is 49.2. The summed E-state index contributed by atoms with van der Waals surface area (Å²) in [6.07, 6.45) is 0.0179. The van der Waals surface area contributed by atoms with E-state index < -0.39 is 41.3 Å². The van der Waals surface area contributed by atoms with Crippen LogP contribution in [0.2, 0.25) is 0 Å². The lowest BCUT2D eigenvalue weighted by atomic mass is 9.75. The molecular weight excluding hydrogens is 300 g/mol. The number of ether oxygens (including phenoxy) is 2. The van der Waals surface area contributed by atoms with Crippen LogP contribution in [0, 0.1) is 17.8 Å². The lowest BCUT2D eigenvalue weighted by molar-refractivity contribution is -0.156. The molecule has 1 saturated heterocycles. The van der Waals surface area contributed by atoms with E-state index in [-0.39, 0.29) is 24.7 Å². The smallest absolute Gasteiger partial charge is 0.334 e. The molecule has 3 fully saturated rings. The summed E-state index contributed by atoms with van der Waals surface area (Å²) < 4.78 is 10.7. The Bertz CT molecular complexity index is 563. The third-order valence-corrected chi connectivity index (χ3v) is 5.82. The molecule has 1 heterocycles. The standard InChI is InChI=1S/C17H24O6/c1-8-10-5-11-14(13(22-9(2)18)7-16(11,3)20)17(4,21)6-12(10)23-15(8)19/h10-14,20-21H,1,5-7H2,2-4H3/t10-,11-,12+,13+,14+,16-,17-/m1/s1. The van der Waals surface area contributed by atoms with Gasteiger partial charge in [0.2, 0.25) is 0 Å². The van der Waals surface area contributed by atoms with Crippen molar-refractivity contribution in [1.82, 2.24) is 0 Å². The van der Waals surface area contributed by atoms with Gasteiger partial charge >= 0.3 is 11.9 Å². The van der Waals surface area contributed by atoms with Crippen LogP contribution in [0.15, 0.2) is 12.2 Å². The van der Waals surface area contributed by atoms with Gasteiger partial charge in [-0.15, -0.1) is 0 Å². The molecule has 2 aliphatic carbocycles. The van der Waals surface area contributed by atoms with Gasteiger partial charge in [-0.25, -0.2) is 4.79 Å². The molecule has 0 spiro atoms. The Morgan fingerprint density at radius 2 is 1.96 bits per heavy atom. The zero-order valence-corrected chi connectivity index (χ0v) is 13.7. The predicted molar refractivity (Wildman–Crippen MR) is 80.1 cm³/mol. The van der Waals surface area contributed by atoms with Crippen molar-refractivity contribution in [2.24, 2.45) is 17.8 Å². The van der Waals surface area contributed by atoms with Crippen molar-refractivity contribution in [3.05, 3.63) is 12.2 Å². The second-order valence-corrected chi connectivity index (χ2v) is 7.71. The quantitative estimate of drug-likeness (QED) is 0.551. The van der Waals surface area contributed by atoms with E-state index in [1.807, 2.05) is 0 Å². The highest BCUT2D eigenvalue weighted by Gasteiger charge is 2.62. The molecular formula is C17H24O6. The first kappa shape index (κ1) is 16.5. The molecule has 23 heavy (non-hydrogen) atoms. The van der Waals surface area contributed by atoms with Crippen LogP contribution in [0.5, 0.6) is 0 Å². The van der Waals surface area contributed by atoms with Gasteiger partial charge in [0.1, 0.15) is 12.2 Å². The number of aliphatic hydroxyl groups is 2. The maximum absolute atomic E-state index is 11.8. The third-order valence-electron chi connectivity index (χ3n) is 5.82. The Morgan fingerprint density at radius 3 is 2.57 bits per heavy atom. The van der Waals surface area contributed by atoms with Gasteiger partial charge in [0, 0.05) is 37.2 Å². The molecule has 0 bridgehead atoms. The van der Waals surface area contributed by atoms with E-state index in [4.69, 9.17) is 9.47 Å². The molecule has 0 aromatic rings. The van der Waals surface area contributed by atoms with Crippen LogP contribution in [-0.2, 0) is 19.1 Å².